The Kier molecular flexibility index (Phi) is 5.06. The third-order valence-electron chi connectivity index (χ3n) is 2.61. The SMILES string of the molecule is CCN(CCO)C(C(N)=O)c1ccc(F)cc1. The first-order valence-corrected chi connectivity index (χ1v) is 5.49. The summed E-state index contributed by atoms with van der Waals surface area (Å²) in [4.78, 5) is 13.2. The molecule has 3 N–H and O–H groups in total. The Bertz CT molecular complexity index is 367. The van der Waals surface area contributed by atoms with Gasteiger partial charge in [-0.05, 0) is 24.2 Å². The average Bonchev–Trinajstić information content (AvgIpc) is 2.30. The first kappa shape index (κ1) is 13.6. The molecule has 0 heterocycles. The van der Waals surface area contributed by atoms with E-state index >= 15 is 0 Å². The summed E-state index contributed by atoms with van der Waals surface area (Å²) in [6.45, 7) is 2.74. The molecule has 1 atom stereocenters. The molecule has 1 aromatic carbocycles. The number of hydrogen-bond acceptors (Lipinski definition) is 3. The van der Waals surface area contributed by atoms with Gasteiger partial charge < -0.3 is 10.8 Å². The van der Waals surface area contributed by atoms with E-state index in [1.807, 2.05) is 6.92 Å². The molecule has 0 saturated carbocycles. The first-order chi connectivity index (χ1) is 8.10. The molecule has 5 heteroatoms. The number of aliphatic hydroxyl groups excluding tert-OH is 1. The van der Waals surface area contributed by atoms with E-state index in [2.05, 4.69) is 0 Å². The molecule has 4 nitrogen and oxygen atoms in total. The number of carbonyl (C=O) groups is 1. The van der Waals surface area contributed by atoms with E-state index in [-0.39, 0.29) is 12.4 Å². The van der Waals surface area contributed by atoms with Gasteiger partial charge in [0.15, 0.2) is 0 Å². The molecule has 0 saturated heterocycles. The van der Waals surface area contributed by atoms with Crippen LogP contribution in [0.1, 0.15) is 18.5 Å². The summed E-state index contributed by atoms with van der Waals surface area (Å²) in [6.07, 6.45) is 0. The highest BCUT2D eigenvalue weighted by atomic mass is 19.1. The minimum atomic E-state index is -0.632. The van der Waals surface area contributed by atoms with Crippen molar-refractivity contribution in [2.75, 3.05) is 19.7 Å². The summed E-state index contributed by atoms with van der Waals surface area (Å²) in [5.41, 5.74) is 5.99. The number of hydrogen-bond donors (Lipinski definition) is 2. The molecule has 0 spiro atoms. The maximum absolute atomic E-state index is 12.8. The van der Waals surface area contributed by atoms with Gasteiger partial charge in [0.2, 0.25) is 5.91 Å². The van der Waals surface area contributed by atoms with Gasteiger partial charge in [0, 0.05) is 6.54 Å². The van der Waals surface area contributed by atoms with Crippen LogP contribution < -0.4 is 5.73 Å². The summed E-state index contributed by atoms with van der Waals surface area (Å²) in [6, 6.07) is 5.01. The predicted molar refractivity (Wildman–Crippen MR) is 62.7 cm³/mol. The zero-order valence-corrected chi connectivity index (χ0v) is 9.77. The predicted octanol–water partition coefficient (Wildman–Crippen LogP) is 0.666. The Labute approximate surface area is 99.8 Å². The highest BCUT2D eigenvalue weighted by molar-refractivity contribution is 5.81. The molecule has 17 heavy (non-hydrogen) atoms. The molecule has 0 fully saturated rings. The second kappa shape index (κ2) is 6.32. The van der Waals surface area contributed by atoms with Crippen molar-refractivity contribution in [3.8, 4) is 0 Å². The minimum absolute atomic E-state index is 0.0567. The smallest absolute Gasteiger partial charge is 0.239 e. The maximum Gasteiger partial charge on any atom is 0.239 e. The molecule has 0 radical (unpaired) electrons. The lowest BCUT2D eigenvalue weighted by atomic mass is 10.0. The van der Waals surface area contributed by atoms with E-state index in [1.165, 1.54) is 24.3 Å². The number of halogens is 1. The molecule has 1 rings (SSSR count). The molecular weight excluding hydrogens is 223 g/mol. The van der Waals surface area contributed by atoms with Gasteiger partial charge in [0.25, 0.3) is 0 Å². The standard InChI is InChI=1S/C12H17FN2O2/c1-2-15(7-8-16)11(12(14)17)9-3-5-10(13)6-4-9/h3-6,11,16H,2,7-8H2,1H3,(H2,14,17). The van der Waals surface area contributed by atoms with Crippen molar-refractivity contribution in [2.45, 2.75) is 13.0 Å². The molecule has 0 aromatic heterocycles. The summed E-state index contributed by atoms with van der Waals surface area (Å²) in [7, 11) is 0. The van der Waals surface area contributed by atoms with Gasteiger partial charge in [-0.2, -0.15) is 0 Å². The quantitative estimate of drug-likeness (QED) is 0.768. The Morgan fingerprint density at radius 3 is 2.47 bits per heavy atom. The minimum Gasteiger partial charge on any atom is -0.395 e. The monoisotopic (exact) mass is 240 g/mol. The summed E-state index contributed by atoms with van der Waals surface area (Å²) in [5, 5.41) is 8.94. The van der Waals surface area contributed by atoms with E-state index in [1.54, 1.807) is 4.90 Å². The number of aliphatic hydroxyl groups is 1. The second-order valence-corrected chi connectivity index (χ2v) is 3.71. The number of benzene rings is 1. The second-order valence-electron chi connectivity index (χ2n) is 3.71. The van der Waals surface area contributed by atoms with Gasteiger partial charge in [0.05, 0.1) is 6.61 Å². The third-order valence-corrected chi connectivity index (χ3v) is 2.61. The molecule has 0 aliphatic carbocycles. The molecule has 0 aliphatic heterocycles. The van der Waals surface area contributed by atoms with Crippen LogP contribution in [-0.4, -0.2) is 35.6 Å². The van der Waals surface area contributed by atoms with Crippen molar-refractivity contribution in [3.05, 3.63) is 35.6 Å². The van der Waals surface area contributed by atoms with Crippen LogP contribution in [0.25, 0.3) is 0 Å². The van der Waals surface area contributed by atoms with Crippen molar-refractivity contribution >= 4 is 5.91 Å². The van der Waals surface area contributed by atoms with E-state index in [4.69, 9.17) is 10.8 Å². The van der Waals surface area contributed by atoms with Crippen LogP contribution in [0.15, 0.2) is 24.3 Å². The number of nitrogens with zero attached hydrogens (tertiary/aromatic N) is 1. The maximum atomic E-state index is 12.8. The molecule has 0 bridgehead atoms. The first-order valence-electron chi connectivity index (χ1n) is 5.49. The van der Waals surface area contributed by atoms with Gasteiger partial charge in [0.1, 0.15) is 11.9 Å². The van der Waals surface area contributed by atoms with Gasteiger partial charge >= 0.3 is 0 Å². The number of carbonyl (C=O) groups excluding carboxylic acids is 1. The number of likely N-dealkylation sites (N-methyl/N-ethyl adjacent to an activating group) is 1. The van der Waals surface area contributed by atoms with Crippen molar-refractivity contribution < 1.29 is 14.3 Å². The lowest BCUT2D eigenvalue weighted by Crippen LogP contribution is -2.39. The van der Waals surface area contributed by atoms with Crippen LogP contribution in [-0.2, 0) is 4.79 Å². The third kappa shape index (κ3) is 3.51. The fraction of sp³-hybridized carbons (Fsp3) is 0.417. The highest BCUT2D eigenvalue weighted by Gasteiger charge is 2.24. The zero-order valence-electron chi connectivity index (χ0n) is 9.77. The largest absolute Gasteiger partial charge is 0.395 e. The topological polar surface area (TPSA) is 66.6 Å². The van der Waals surface area contributed by atoms with Crippen molar-refractivity contribution in [1.82, 2.24) is 4.90 Å². The average molecular weight is 240 g/mol. The number of primary amides is 1. The van der Waals surface area contributed by atoms with E-state index in [9.17, 15) is 9.18 Å². The van der Waals surface area contributed by atoms with E-state index in [0.29, 0.717) is 18.7 Å². The molecule has 1 unspecified atom stereocenters. The lowest BCUT2D eigenvalue weighted by molar-refractivity contribution is -0.123. The molecule has 1 aromatic rings. The van der Waals surface area contributed by atoms with Gasteiger partial charge in [-0.25, -0.2) is 4.39 Å². The van der Waals surface area contributed by atoms with Crippen molar-refractivity contribution in [2.24, 2.45) is 5.73 Å². The Morgan fingerprint density at radius 1 is 1.47 bits per heavy atom. The summed E-state index contributed by atoms with van der Waals surface area (Å²) in [5.74, 6) is -0.867. The normalized spacial score (nSPS) is 12.7. The van der Waals surface area contributed by atoms with Gasteiger partial charge in [-0.1, -0.05) is 19.1 Å². The number of nitrogens with two attached hydrogens (primary N) is 1. The van der Waals surface area contributed by atoms with Gasteiger partial charge in [-0.3, -0.25) is 9.69 Å². The van der Waals surface area contributed by atoms with Crippen molar-refractivity contribution in [1.29, 1.82) is 0 Å². The van der Waals surface area contributed by atoms with Gasteiger partial charge in [-0.15, -0.1) is 0 Å². The number of rotatable bonds is 6. The van der Waals surface area contributed by atoms with E-state index < -0.39 is 11.9 Å². The fourth-order valence-corrected chi connectivity index (χ4v) is 1.80. The van der Waals surface area contributed by atoms with Crippen LogP contribution in [0, 0.1) is 5.82 Å². The molecule has 94 valence electrons. The van der Waals surface area contributed by atoms with Crippen LogP contribution in [0.2, 0.25) is 0 Å². The van der Waals surface area contributed by atoms with Crippen LogP contribution in [0.4, 0.5) is 4.39 Å². The summed E-state index contributed by atoms with van der Waals surface area (Å²) >= 11 is 0. The molecule has 0 aliphatic rings. The highest BCUT2D eigenvalue weighted by Crippen LogP contribution is 2.20. The Hall–Kier alpha value is -1.46. The Morgan fingerprint density at radius 2 is 2.06 bits per heavy atom. The lowest BCUT2D eigenvalue weighted by Gasteiger charge is -2.27. The van der Waals surface area contributed by atoms with Crippen LogP contribution >= 0.6 is 0 Å². The molecule has 1 amide bonds. The zero-order chi connectivity index (χ0) is 12.8. The molecular formula is C12H17FN2O2. The summed E-state index contributed by atoms with van der Waals surface area (Å²) < 4.78 is 12.8. The fourth-order valence-electron chi connectivity index (χ4n) is 1.80. The number of amides is 1. The van der Waals surface area contributed by atoms with Crippen LogP contribution in [0.3, 0.4) is 0 Å². The van der Waals surface area contributed by atoms with Crippen molar-refractivity contribution in [3.63, 3.8) is 0 Å². The van der Waals surface area contributed by atoms with E-state index in [0.717, 1.165) is 0 Å². The van der Waals surface area contributed by atoms with Crippen LogP contribution in [0.5, 0.6) is 0 Å². The Balaban J connectivity index is 2.99.